The Kier molecular flexibility index (Phi) is 4.06. The highest BCUT2D eigenvalue weighted by atomic mass is 35.5. The van der Waals surface area contributed by atoms with Crippen LogP contribution < -0.4 is 10.3 Å². The molecule has 1 fully saturated rings. The monoisotopic (exact) mass is 305 g/mol. The molecule has 3 rings (SSSR count). The number of piperidine rings is 1. The molecule has 0 radical (unpaired) electrons. The molecule has 1 N–H and O–H groups in total. The minimum Gasteiger partial charge on any atom is -0.371 e. The molecule has 110 valence electrons. The quantitative estimate of drug-likeness (QED) is 0.941. The standard InChI is InChI=1S/C14H16ClN5O/c15-12-2-1-3-13(8-12)19-6-4-11(5-7-19)14(21)18-20-9-16-17-10-20/h1-3,8-11H,4-7H2,(H,18,21). The molecule has 2 aromatic rings. The molecule has 1 aliphatic heterocycles. The fraction of sp³-hybridized carbons (Fsp3) is 0.357. The number of amides is 1. The van der Waals surface area contributed by atoms with Gasteiger partial charge in [-0.1, -0.05) is 17.7 Å². The van der Waals surface area contributed by atoms with Gasteiger partial charge in [0.25, 0.3) is 0 Å². The lowest BCUT2D eigenvalue weighted by atomic mass is 9.96. The number of benzene rings is 1. The van der Waals surface area contributed by atoms with E-state index in [0.29, 0.717) is 0 Å². The number of hydrogen-bond acceptors (Lipinski definition) is 4. The third-order valence-corrected chi connectivity index (χ3v) is 3.93. The molecule has 2 heterocycles. The number of nitrogens with one attached hydrogen (secondary N) is 1. The molecule has 0 aliphatic carbocycles. The number of nitrogens with zero attached hydrogens (tertiary/aromatic N) is 4. The van der Waals surface area contributed by atoms with E-state index < -0.39 is 0 Å². The molecule has 0 spiro atoms. The topological polar surface area (TPSA) is 63.1 Å². The zero-order chi connectivity index (χ0) is 14.7. The van der Waals surface area contributed by atoms with Crippen molar-refractivity contribution in [3.05, 3.63) is 41.9 Å². The maximum absolute atomic E-state index is 12.1. The second-order valence-corrected chi connectivity index (χ2v) is 5.52. The van der Waals surface area contributed by atoms with E-state index in [1.165, 1.54) is 17.3 Å². The van der Waals surface area contributed by atoms with Crippen LogP contribution in [0, 0.1) is 5.92 Å². The zero-order valence-corrected chi connectivity index (χ0v) is 12.2. The van der Waals surface area contributed by atoms with Gasteiger partial charge in [-0.2, -0.15) is 0 Å². The molecule has 1 aromatic carbocycles. The van der Waals surface area contributed by atoms with Crippen LogP contribution in [0.25, 0.3) is 0 Å². The van der Waals surface area contributed by atoms with Crippen molar-refractivity contribution >= 4 is 23.2 Å². The van der Waals surface area contributed by atoms with Crippen molar-refractivity contribution in [2.75, 3.05) is 23.4 Å². The van der Waals surface area contributed by atoms with Crippen molar-refractivity contribution in [2.45, 2.75) is 12.8 Å². The molecule has 0 saturated carbocycles. The predicted octanol–water partition coefficient (Wildman–Crippen LogP) is 1.92. The lowest BCUT2D eigenvalue weighted by Gasteiger charge is -2.33. The van der Waals surface area contributed by atoms with Crippen molar-refractivity contribution in [3.8, 4) is 0 Å². The van der Waals surface area contributed by atoms with E-state index in [1.54, 1.807) is 0 Å². The Balaban J connectivity index is 1.56. The van der Waals surface area contributed by atoms with Crippen molar-refractivity contribution in [1.29, 1.82) is 0 Å². The molecule has 7 heteroatoms. The Morgan fingerprint density at radius 1 is 1.24 bits per heavy atom. The zero-order valence-electron chi connectivity index (χ0n) is 11.4. The lowest BCUT2D eigenvalue weighted by molar-refractivity contribution is -0.121. The highest BCUT2D eigenvalue weighted by molar-refractivity contribution is 6.30. The first-order chi connectivity index (χ1) is 10.2. The van der Waals surface area contributed by atoms with Crippen molar-refractivity contribution in [3.63, 3.8) is 0 Å². The van der Waals surface area contributed by atoms with Crippen molar-refractivity contribution < 1.29 is 4.79 Å². The van der Waals surface area contributed by atoms with Crippen LogP contribution in [0.3, 0.4) is 0 Å². The number of aromatic nitrogens is 3. The normalized spacial score (nSPS) is 16.0. The summed E-state index contributed by atoms with van der Waals surface area (Å²) in [6.07, 6.45) is 4.58. The van der Waals surface area contributed by atoms with Gasteiger partial charge in [-0.05, 0) is 31.0 Å². The average molecular weight is 306 g/mol. The van der Waals surface area contributed by atoms with E-state index in [1.807, 2.05) is 24.3 Å². The molecule has 1 aromatic heterocycles. The van der Waals surface area contributed by atoms with Gasteiger partial charge in [0.2, 0.25) is 5.91 Å². The third kappa shape index (κ3) is 3.33. The van der Waals surface area contributed by atoms with Gasteiger partial charge in [0.15, 0.2) is 0 Å². The van der Waals surface area contributed by atoms with Crippen LogP contribution in [0.5, 0.6) is 0 Å². The molecule has 1 amide bonds. The Labute approximate surface area is 127 Å². The smallest absolute Gasteiger partial charge is 0.242 e. The van der Waals surface area contributed by atoms with Crippen LogP contribution in [0.2, 0.25) is 5.02 Å². The van der Waals surface area contributed by atoms with Gasteiger partial charge in [-0.25, -0.2) is 4.68 Å². The second kappa shape index (κ2) is 6.13. The van der Waals surface area contributed by atoms with E-state index in [9.17, 15) is 4.79 Å². The first-order valence-electron chi connectivity index (χ1n) is 6.88. The molecular formula is C14H16ClN5O. The van der Waals surface area contributed by atoms with Crippen LogP contribution in [-0.2, 0) is 4.79 Å². The molecule has 21 heavy (non-hydrogen) atoms. The van der Waals surface area contributed by atoms with Crippen LogP contribution in [0.1, 0.15) is 12.8 Å². The maximum Gasteiger partial charge on any atom is 0.242 e. The summed E-state index contributed by atoms with van der Waals surface area (Å²) in [6.45, 7) is 1.70. The highest BCUT2D eigenvalue weighted by Gasteiger charge is 2.25. The van der Waals surface area contributed by atoms with Gasteiger partial charge < -0.3 is 4.90 Å². The summed E-state index contributed by atoms with van der Waals surface area (Å²) in [7, 11) is 0. The number of carbonyl (C=O) groups is 1. The number of hydrogen-bond donors (Lipinski definition) is 1. The first-order valence-corrected chi connectivity index (χ1v) is 7.26. The van der Waals surface area contributed by atoms with Crippen LogP contribution in [-0.4, -0.2) is 33.9 Å². The van der Waals surface area contributed by atoms with Gasteiger partial charge >= 0.3 is 0 Å². The van der Waals surface area contributed by atoms with E-state index in [-0.39, 0.29) is 11.8 Å². The Bertz CT molecular complexity index is 608. The van der Waals surface area contributed by atoms with E-state index in [0.717, 1.165) is 36.6 Å². The van der Waals surface area contributed by atoms with Gasteiger partial charge in [0.1, 0.15) is 12.7 Å². The average Bonchev–Trinajstić information content (AvgIpc) is 3.00. The van der Waals surface area contributed by atoms with Crippen LogP contribution in [0.4, 0.5) is 5.69 Å². The fourth-order valence-electron chi connectivity index (χ4n) is 2.55. The van der Waals surface area contributed by atoms with Crippen molar-refractivity contribution in [2.24, 2.45) is 5.92 Å². The molecule has 1 saturated heterocycles. The molecule has 0 bridgehead atoms. The minimum atomic E-state index is 0.0144. The second-order valence-electron chi connectivity index (χ2n) is 5.09. The summed E-state index contributed by atoms with van der Waals surface area (Å²) in [4.78, 5) is 14.4. The van der Waals surface area contributed by atoms with Crippen LogP contribution >= 0.6 is 11.6 Å². The third-order valence-electron chi connectivity index (χ3n) is 3.70. The maximum atomic E-state index is 12.1. The Morgan fingerprint density at radius 3 is 2.62 bits per heavy atom. The molecule has 0 atom stereocenters. The Hall–Kier alpha value is -2.08. The number of halogens is 1. The SMILES string of the molecule is O=C(Nn1cnnc1)C1CCN(c2cccc(Cl)c2)CC1. The Morgan fingerprint density at radius 2 is 1.95 bits per heavy atom. The number of rotatable bonds is 3. The van der Waals surface area contributed by atoms with E-state index in [2.05, 4.69) is 20.5 Å². The van der Waals surface area contributed by atoms with Gasteiger partial charge in [0, 0.05) is 29.7 Å². The minimum absolute atomic E-state index is 0.0144. The molecule has 1 aliphatic rings. The van der Waals surface area contributed by atoms with E-state index >= 15 is 0 Å². The van der Waals surface area contributed by atoms with Gasteiger partial charge in [0.05, 0.1) is 0 Å². The molecule has 6 nitrogen and oxygen atoms in total. The molecular weight excluding hydrogens is 290 g/mol. The summed E-state index contributed by atoms with van der Waals surface area (Å²) >= 11 is 6.02. The lowest BCUT2D eigenvalue weighted by Crippen LogP contribution is -2.39. The summed E-state index contributed by atoms with van der Waals surface area (Å²) in [6, 6.07) is 7.81. The van der Waals surface area contributed by atoms with Gasteiger partial charge in [-0.3, -0.25) is 10.2 Å². The van der Waals surface area contributed by atoms with Gasteiger partial charge in [-0.15, -0.1) is 10.2 Å². The van der Waals surface area contributed by atoms with Crippen molar-refractivity contribution in [1.82, 2.24) is 14.9 Å². The largest absolute Gasteiger partial charge is 0.371 e. The predicted molar refractivity (Wildman–Crippen MR) is 80.8 cm³/mol. The molecule has 0 unspecified atom stereocenters. The summed E-state index contributed by atoms with van der Waals surface area (Å²) < 4.78 is 1.48. The summed E-state index contributed by atoms with van der Waals surface area (Å²) in [5.74, 6) is 0.0309. The first kappa shape index (κ1) is 13.9. The number of anilines is 1. The number of carbonyl (C=O) groups excluding carboxylic acids is 1. The summed E-state index contributed by atoms with van der Waals surface area (Å²) in [5, 5.41) is 8.05. The fourth-order valence-corrected chi connectivity index (χ4v) is 2.73. The van der Waals surface area contributed by atoms with Crippen LogP contribution in [0.15, 0.2) is 36.9 Å². The van der Waals surface area contributed by atoms with E-state index in [4.69, 9.17) is 11.6 Å². The summed E-state index contributed by atoms with van der Waals surface area (Å²) in [5.41, 5.74) is 3.88. The highest BCUT2D eigenvalue weighted by Crippen LogP contribution is 2.25.